The van der Waals surface area contributed by atoms with Gasteiger partial charge in [0.05, 0.1) is 0 Å². The molecule has 0 spiro atoms. The summed E-state index contributed by atoms with van der Waals surface area (Å²) in [4.78, 5) is 21.5. The molecule has 0 saturated carbocycles. The van der Waals surface area contributed by atoms with Gasteiger partial charge in [-0.3, -0.25) is 0 Å². The van der Waals surface area contributed by atoms with Crippen molar-refractivity contribution in [2.75, 3.05) is 0 Å². The van der Waals surface area contributed by atoms with Gasteiger partial charge in [0.2, 0.25) is 0 Å². The van der Waals surface area contributed by atoms with Gasteiger partial charge in [-0.2, -0.15) is 0 Å². The van der Waals surface area contributed by atoms with Crippen LogP contribution in [0.1, 0.15) is 22.0 Å². The van der Waals surface area contributed by atoms with E-state index in [1.807, 2.05) is 0 Å². The van der Waals surface area contributed by atoms with Crippen molar-refractivity contribution in [1.82, 2.24) is 0 Å². The molecule has 0 heterocycles. The molecule has 0 amide bonds. The second-order valence-electron chi connectivity index (χ2n) is 2.61. The SMILES string of the molecule is O=C(O)c1ccccc1C(O)C(=O)[Se]. The number of carbonyl (C=O) groups is 2. The molecule has 14 heavy (non-hydrogen) atoms. The molecule has 1 rings (SSSR count). The maximum absolute atomic E-state index is 10.8. The van der Waals surface area contributed by atoms with Crippen molar-refractivity contribution in [3.63, 3.8) is 0 Å². The summed E-state index contributed by atoms with van der Waals surface area (Å²) in [6, 6.07) is 5.84. The second kappa shape index (κ2) is 4.37. The van der Waals surface area contributed by atoms with Crippen molar-refractivity contribution in [3.05, 3.63) is 35.4 Å². The Hall–Kier alpha value is -1.16. The third-order valence-corrected chi connectivity index (χ3v) is 2.18. The van der Waals surface area contributed by atoms with Crippen LogP contribution in [0.2, 0.25) is 0 Å². The normalized spacial score (nSPS) is 12.1. The molecule has 0 fully saturated rings. The molecule has 2 N–H and O–H groups in total. The second-order valence-corrected chi connectivity index (χ2v) is 3.46. The van der Waals surface area contributed by atoms with E-state index in [2.05, 4.69) is 16.0 Å². The molecule has 1 aromatic carbocycles. The van der Waals surface area contributed by atoms with Crippen LogP contribution in [0, 0.1) is 0 Å². The number of rotatable bonds is 3. The Kier molecular flexibility index (Phi) is 3.41. The summed E-state index contributed by atoms with van der Waals surface area (Å²) in [5.74, 6) is -1.17. The minimum absolute atomic E-state index is 0.0661. The maximum atomic E-state index is 10.8. The summed E-state index contributed by atoms with van der Waals surface area (Å²) in [6.45, 7) is 0. The third kappa shape index (κ3) is 2.20. The Morgan fingerprint density at radius 1 is 1.29 bits per heavy atom. The fraction of sp³-hybridized carbons (Fsp3) is 0.111. The molecule has 1 radical (unpaired) electrons. The van der Waals surface area contributed by atoms with E-state index in [-0.39, 0.29) is 11.1 Å². The number of aliphatic hydroxyl groups is 1. The van der Waals surface area contributed by atoms with Crippen LogP contribution in [-0.2, 0) is 4.79 Å². The van der Waals surface area contributed by atoms with Gasteiger partial charge in [-0.15, -0.1) is 0 Å². The van der Waals surface area contributed by atoms with Crippen LogP contribution in [-0.4, -0.2) is 36.9 Å². The van der Waals surface area contributed by atoms with Crippen LogP contribution in [0.25, 0.3) is 0 Å². The Morgan fingerprint density at radius 3 is 2.36 bits per heavy atom. The molecule has 0 saturated heterocycles. The van der Waals surface area contributed by atoms with Gasteiger partial charge < -0.3 is 0 Å². The van der Waals surface area contributed by atoms with Crippen molar-refractivity contribution >= 4 is 26.7 Å². The number of carboxylic acids is 1. The van der Waals surface area contributed by atoms with Crippen LogP contribution < -0.4 is 0 Å². The number of carbonyl (C=O) groups excluding carboxylic acids is 1. The molecule has 1 aromatic rings. The first-order valence-electron chi connectivity index (χ1n) is 3.75. The Morgan fingerprint density at radius 2 is 1.86 bits per heavy atom. The fourth-order valence-electron chi connectivity index (χ4n) is 1.06. The van der Waals surface area contributed by atoms with Crippen LogP contribution in [0.5, 0.6) is 0 Å². The molecular weight excluding hydrogens is 251 g/mol. The topological polar surface area (TPSA) is 74.6 Å². The molecule has 0 aliphatic carbocycles. The molecule has 5 heteroatoms. The van der Waals surface area contributed by atoms with E-state index in [1.165, 1.54) is 18.2 Å². The zero-order chi connectivity index (χ0) is 10.7. The summed E-state index contributed by atoms with van der Waals surface area (Å²) >= 11 is 2.12. The van der Waals surface area contributed by atoms with E-state index in [0.29, 0.717) is 0 Å². The van der Waals surface area contributed by atoms with Gasteiger partial charge >= 0.3 is 88.0 Å². The molecule has 0 aliphatic heterocycles. The van der Waals surface area contributed by atoms with Gasteiger partial charge in [-0.05, 0) is 0 Å². The number of benzene rings is 1. The van der Waals surface area contributed by atoms with Crippen LogP contribution in [0.15, 0.2) is 24.3 Å². The third-order valence-electron chi connectivity index (χ3n) is 1.71. The first kappa shape index (κ1) is 10.9. The standard InChI is InChI=1S/C9H7O4Se/c10-7(9(13)14)5-3-1-2-4-6(5)8(11)12/h1-4,7,10H,(H,11,12). The van der Waals surface area contributed by atoms with E-state index < -0.39 is 16.8 Å². The number of hydrogen-bond acceptors (Lipinski definition) is 3. The zero-order valence-corrected chi connectivity index (χ0v) is 8.72. The summed E-state index contributed by atoms with van der Waals surface area (Å²) in [5, 5.41) is 18.1. The van der Waals surface area contributed by atoms with Crippen molar-refractivity contribution in [2.45, 2.75) is 6.10 Å². The average Bonchev–Trinajstić information content (AvgIpc) is 2.16. The Bertz CT molecular complexity index is 375. The van der Waals surface area contributed by atoms with E-state index >= 15 is 0 Å². The molecule has 4 nitrogen and oxygen atoms in total. The first-order chi connectivity index (χ1) is 6.54. The molecule has 1 atom stereocenters. The summed E-state index contributed by atoms with van der Waals surface area (Å²) in [5.41, 5.74) is 0.0346. The minimum atomic E-state index is -1.41. The number of hydrogen-bond donors (Lipinski definition) is 2. The molecule has 0 aromatic heterocycles. The zero-order valence-electron chi connectivity index (χ0n) is 7.01. The van der Waals surface area contributed by atoms with Crippen LogP contribution in [0.3, 0.4) is 0 Å². The summed E-state index contributed by atoms with van der Waals surface area (Å²) < 4.78 is -0.598. The molecular formula is C9H7O4Se. The quantitative estimate of drug-likeness (QED) is 0.755. The van der Waals surface area contributed by atoms with E-state index in [9.17, 15) is 14.7 Å². The van der Waals surface area contributed by atoms with E-state index in [4.69, 9.17) is 5.11 Å². The average molecular weight is 258 g/mol. The van der Waals surface area contributed by atoms with Crippen molar-refractivity contribution < 1.29 is 19.8 Å². The van der Waals surface area contributed by atoms with Gasteiger partial charge in [-0.25, -0.2) is 0 Å². The Labute approximate surface area is 88.4 Å². The van der Waals surface area contributed by atoms with Gasteiger partial charge in [0.15, 0.2) is 0 Å². The van der Waals surface area contributed by atoms with E-state index in [0.717, 1.165) is 0 Å². The summed E-state index contributed by atoms with van der Waals surface area (Å²) in [7, 11) is 0. The monoisotopic (exact) mass is 259 g/mol. The van der Waals surface area contributed by atoms with Gasteiger partial charge in [0.25, 0.3) is 0 Å². The van der Waals surface area contributed by atoms with E-state index in [1.54, 1.807) is 6.07 Å². The van der Waals surface area contributed by atoms with Gasteiger partial charge in [0.1, 0.15) is 0 Å². The Balaban J connectivity index is 3.19. The van der Waals surface area contributed by atoms with Gasteiger partial charge in [0, 0.05) is 0 Å². The molecule has 73 valence electrons. The fourth-order valence-corrected chi connectivity index (χ4v) is 1.32. The first-order valence-corrected chi connectivity index (χ1v) is 4.61. The predicted octanol–water partition coefficient (Wildman–Crippen LogP) is 0.113. The van der Waals surface area contributed by atoms with Crippen molar-refractivity contribution in [1.29, 1.82) is 0 Å². The van der Waals surface area contributed by atoms with Crippen molar-refractivity contribution in [3.8, 4) is 0 Å². The van der Waals surface area contributed by atoms with Gasteiger partial charge in [-0.1, -0.05) is 0 Å². The van der Waals surface area contributed by atoms with Crippen LogP contribution in [0.4, 0.5) is 0 Å². The predicted molar refractivity (Wildman–Crippen MR) is 49.1 cm³/mol. The number of aromatic carboxylic acids is 1. The number of carboxylic acid groups (broad SMARTS) is 1. The molecule has 0 aliphatic rings. The number of aliphatic hydroxyl groups excluding tert-OH is 1. The molecule has 1 unspecified atom stereocenters. The van der Waals surface area contributed by atoms with Crippen molar-refractivity contribution in [2.24, 2.45) is 0 Å². The van der Waals surface area contributed by atoms with Crippen LogP contribution >= 0.6 is 0 Å². The summed E-state index contributed by atoms with van der Waals surface area (Å²) in [6.07, 6.45) is -1.41. The molecule has 0 bridgehead atoms.